The highest BCUT2D eigenvalue weighted by atomic mass is 79.9. The monoisotopic (exact) mass is 381 g/mol. The molecule has 0 aromatic heterocycles. The van der Waals surface area contributed by atoms with E-state index in [0.29, 0.717) is 12.2 Å². The van der Waals surface area contributed by atoms with Crippen LogP contribution in [0.5, 0.6) is 0 Å². The maximum atomic E-state index is 11.7. The van der Waals surface area contributed by atoms with Gasteiger partial charge in [-0.2, -0.15) is 0 Å². The van der Waals surface area contributed by atoms with Gasteiger partial charge in [-0.05, 0) is 17.7 Å². The first kappa shape index (κ1) is 17.2. The molecule has 0 saturated carbocycles. The van der Waals surface area contributed by atoms with E-state index in [0.717, 1.165) is 15.0 Å². The molecule has 1 aromatic rings. The lowest BCUT2D eigenvalue weighted by Crippen LogP contribution is -2.39. The Morgan fingerprint density at radius 2 is 2.18 bits per heavy atom. The minimum absolute atomic E-state index is 0.123. The zero-order valence-electron chi connectivity index (χ0n) is 13.0. The fourth-order valence-electron chi connectivity index (χ4n) is 2.28. The SMILES string of the molecule is C=C1C(=O)OCC1C(NC(=S)C(C)(C)C)c1cccc(Br)c1. The van der Waals surface area contributed by atoms with E-state index >= 15 is 0 Å². The second-order valence-corrected chi connectivity index (χ2v) is 7.81. The average molecular weight is 382 g/mol. The molecular formula is C17H20BrNO2S. The minimum Gasteiger partial charge on any atom is -0.462 e. The molecule has 1 aliphatic rings. The Balaban J connectivity index is 2.35. The van der Waals surface area contributed by atoms with Crippen molar-refractivity contribution in [3.8, 4) is 0 Å². The van der Waals surface area contributed by atoms with Crippen molar-refractivity contribution in [3.05, 3.63) is 46.5 Å². The van der Waals surface area contributed by atoms with Crippen LogP contribution in [0.1, 0.15) is 32.4 Å². The van der Waals surface area contributed by atoms with Gasteiger partial charge in [0.15, 0.2) is 0 Å². The molecule has 0 aliphatic carbocycles. The molecule has 0 bridgehead atoms. The summed E-state index contributed by atoms with van der Waals surface area (Å²) in [5.41, 5.74) is 1.39. The fraction of sp³-hybridized carbons (Fsp3) is 0.412. The summed E-state index contributed by atoms with van der Waals surface area (Å²) in [4.78, 5) is 12.4. The Hall–Kier alpha value is -1.20. The third-order valence-corrected chi connectivity index (χ3v) is 4.91. The number of benzene rings is 1. The lowest BCUT2D eigenvalue weighted by Gasteiger charge is -2.30. The van der Waals surface area contributed by atoms with Crippen molar-refractivity contribution in [1.29, 1.82) is 0 Å². The Bertz CT molecular complexity index is 621. The molecule has 118 valence electrons. The van der Waals surface area contributed by atoms with Crippen molar-refractivity contribution in [2.24, 2.45) is 11.3 Å². The van der Waals surface area contributed by atoms with Crippen LogP contribution in [0.4, 0.5) is 0 Å². The number of nitrogens with one attached hydrogen (secondary N) is 1. The van der Waals surface area contributed by atoms with E-state index in [-0.39, 0.29) is 23.3 Å². The standard InChI is InChI=1S/C17H20BrNO2S/c1-10-13(9-21-15(10)20)14(19-16(22)17(2,3)4)11-6-5-7-12(18)8-11/h5-8,13-14H,1,9H2,2-4H3,(H,19,22). The van der Waals surface area contributed by atoms with E-state index in [4.69, 9.17) is 17.0 Å². The van der Waals surface area contributed by atoms with Gasteiger partial charge < -0.3 is 10.1 Å². The molecule has 1 fully saturated rings. The molecule has 2 atom stereocenters. The van der Waals surface area contributed by atoms with E-state index in [9.17, 15) is 4.79 Å². The highest BCUT2D eigenvalue weighted by Gasteiger charge is 2.37. The van der Waals surface area contributed by atoms with Crippen molar-refractivity contribution in [1.82, 2.24) is 5.32 Å². The first-order chi connectivity index (χ1) is 10.2. The molecule has 22 heavy (non-hydrogen) atoms. The topological polar surface area (TPSA) is 38.3 Å². The summed E-state index contributed by atoms with van der Waals surface area (Å²) < 4.78 is 6.13. The zero-order chi connectivity index (χ0) is 16.5. The second-order valence-electron chi connectivity index (χ2n) is 6.49. The number of thiocarbonyl (C=S) groups is 1. The summed E-state index contributed by atoms with van der Waals surface area (Å²) >= 11 is 9.02. The van der Waals surface area contributed by atoms with Gasteiger partial charge >= 0.3 is 5.97 Å². The Labute approximate surface area is 145 Å². The van der Waals surface area contributed by atoms with Crippen LogP contribution >= 0.6 is 28.1 Å². The fourth-order valence-corrected chi connectivity index (χ4v) is 2.83. The predicted molar refractivity (Wildman–Crippen MR) is 95.7 cm³/mol. The second kappa shape index (κ2) is 6.50. The highest BCUT2D eigenvalue weighted by Crippen LogP contribution is 2.34. The summed E-state index contributed by atoms with van der Waals surface area (Å²) in [6, 6.07) is 7.84. The van der Waals surface area contributed by atoms with Gasteiger partial charge in [-0.1, -0.05) is 67.6 Å². The molecule has 1 aliphatic heterocycles. The molecular weight excluding hydrogens is 362 g/mol. The molecule has 0 radical (unpaired) electrons. The zero-order valence-corrected chi connectivity index (χ0v) is 15.4. The Morgan fingerprint density at radius 1 is 1.50 bits per heavy atom. The van der Waals surface area contributed by atoms with E-state index < -0.39 is 0 Å². The summed E-state index contributed by atoms with van der Waals surface area (Å²) in [5, 5.41) is 3.41. The molecule has 2 rings (SSSR count). The van der Waals surface area contributed by atoms with Gasteiger partial charge in [0, 0.05) is 21.4 Å². The molecule has 3 nitrogen and oxygen atoms in total. The lowest BCUT2D eigenvalue weighted by atomic mass is 9.87. The summed E-state index contributed by atoms with van der Waals surface area (Å²) in [7, 11) is 0. The van der Waals surface area contributed by atoms with Gasteiger partial charge in [-0.3, -0.25) is 0 Å². The highest BCUT2D eigenvalue weighted by molar-refractivity contribution is 9.10. The Kier molecular flexibility index (Phi) is 5.07. The van der Waals surface area contributed by atoms with Gasteiger partial charge in [-0.25, -0.2) is 4.79 Å². The molecule has 1 N–H and O–H groups in total. The van der Waals surface area contributed by atoms with E-state index in [1.165, 1.54) is 0 Å². The largest absolute Gasteiger partial charge is 0.462 e. The van der Waals surface area contributed by atoms with Gasteiger partial charge in [0.05, 0.1) is 11.0 Å². The van der Waals surface area contributed by atoms with Crippen LogP contribution in [0, 0.1) is 11.3 Å². The van der Waals surface area contributed by atoms with Crippen molar-refractivity contribution in [3.63, 3.8) is 0 Å². The number of halogens is 1. The minimum atomic E-state index is -0.325. The van der Waals surface area contributed by atoms with E-state index in [1.54, 1.807) is 0 Å². The number of hydrogen-bond acceptors (Lipinski definition) is 3. The van der Waals surface area contributed by atoms with Crippen LogP contribution in [0.25, 0.3) is 0 Å². The van der Waals surface area contributed by atoms with Crippen LogP contribution in [0.2, 0.25) is 0 Å². The first-order valence-electron chi connectivity index (χ1n) is 7.12. The number of rotatable bonds is 3. The number of esters is 1. The van der Waals surface area contributed by atoms with Crippen LogP contribution in [-0.2, 0) is 9.53 Å². The molecule has 1 heterocycles. The van der Waals surface area contributed by atoms with E-state index in [2.05, 4.69) is 48.6 Å². The number of hydrogen-bond donors (Lipinski definition) is 1. The average Bonchev–Trinajstić information content (AvgIpc) is 2.75. The quantitative estimate of drug-likeness (QED) is 0.484. The van der Waals surface area contributed by atoms with Crippen molar-refractivity contribution in [2.75, 3.05) is 6.61 Å². The van der Waals surface area contributed by atoms with Gasteiger partial charge in [0.2, 0.25) is 0 Å². The van der Waals surface area contributed by atoms with Crippen molar-refractivity contribution < 1.29 is 9.53 Å². The molecule has 5 heteroatoms. The van der Waals surface area contributed by atoms with Crippen LogP contribution in [0.3, 0.4) is 0 Å². The third kappa shape index (κ3) is 3.76. The molecule has 0 amide bonds. The number of cyclic esters (lactones) is 1. The summed E-state index contributed by atoms with van der Waals surface area (Å²) in [6.07, 6.45) is 0. The van der Waals surface area contributed by atoms with Crippen LogP contribution in [0.15, 0.2) is 40.9 Å². The van der Waals surface area contributed by atoms with Crippen molar-refractivity contribution >= 4 is 39.1 Å². The molecule has 1 aromatic carbocycles. The van der Waals surface area contributed by atoms with Crippen molar-refractivity contribution in [2.45, 2.75) is 26.8 Å². The summed E-state index contributed by atoms with van der Waals surface area (Å²) in [5.74, 6) is -0.449. The van der Waals surface area contributed by atoms with Gasteiger partial charge in [-0.15, -0.1) is 0 Å². The maximum absolute atomic E-state index is 11.7. The normalized spacial score (nSPS) is 19.7. The predicted octanol–water partition coefficient (Wildman–Crippen LogP) is 4.18. The maximum Gasteiger partial charge on any atom is 0.333 e. The molecule has 2 unspecified atom stereocenters. The Morgan fingerprint density at radius 3 is 2.68 bits per heavy atom. The van der Waals surface area contributed by atoms with Crippen LogP contribution < -0.4 is 5.32 Å². The molecule has 1 saturated heterocycles. The van der Waals surface area contributed by atoms with E-state index in [1.807, 2.05) is 24.3 Å². The smallest absolute Gasteiger partial charge is 0.333 e. The number of ether oxygens (including phenoxy) is 1. The van der Waals surface area contributed by atoms with Crippen LogP contribution in [-0.4, -0.2) is 17.6 Å². The first-order valence-corrected chi connectivity index (χ1v) is 8.32. The lowest BCUT2D eigenvalue weighted by molar-refractivity contribution is -0.135. The summed E-state index contributed by atoms with van der Waals surface area (Å²) in [6.45, 7) is 10.4. The molecule has 0 spiro atoms. The third-order valence-electron chi connectivity index (χ3n) is 3.68. The number of carbonyl (C=O) groups is 1. The van der Waals surface area contributed by atoms with Gasteiger partial charge in [0.1, 0.15) is 6.61 Å². The van der Waals surface area contributed by atoms with Gasteiger partial charge in [0.25, 0.3) is 0 Å². The number of carbonyl (C=O) groups excluding carboxylic acids is 1.